The van der Waals surface area contributed by atoms with E-state index in [9.17, 15) is 29.7 Å². The van der Waals surface area contributed by atoms with Crippen LogP contribution in [0.2, 0.25) is 0 Å². The first-order valence-corrected chi connectivity index (χ1v) is 12.1. The summed E-state index contributed by atoms with van der Waals surface area (Å²) in [7, 11) is 3.36. The maximum absolute atomic E-state index is 13.8. The van der Waals surface area contributed by atoms with Gasteiger partial charge in [0.25, 0.3) is 5.91 Å². The number of nitrogens with zero attached hydrogens (tertiary/aromatic N) is 2. The van der Waals surface area contributed by atoms with Gasteiger partial charge in [-0.1, -0.05) is 5.16 Å². The Balaban J connectivity index is 1.86. The molecule has 0 aromatic heterocycles. The van der Waals surface area contributed by atoms with Gasteiger partial charge in [0.1, 0.15) is 28.4 Å². The molecule has 198 valence electrons. The highest BCUT2D eigenvalue weighted by Crippen LogP contribution is 2.50. The van der Waals surface area contributed by atoms with Crippen molar-refractivity contribution in [2.45, 2.75) is 52.2 Å². The van der Waals surface area contributed by atoms with Gasteiger partial charge in [0.05, 0.1) is 23.2 Å². The van der Waals surface area contributed by atoms with Crippen LogP contribution in [-0.4, -0.2) is 69.1 Å². The zero-order valence-corrected chi connectivity index (χ0v) is 21.8. The van der Waals surface area contributed by atoms with Crippen molar-refractivity contribution in [3.05, 3.63) is 45.7 Å². The third-order valence-corrected chi connectivity index (χ3v) is 7.29. The molecule has 1 aromatic carbocycles. The van der Waals surface area contributed by atoms with Gasteiger partial charge in [-0.15, -0.1) is 0 Å². The number of aliphatic hydroxyl groups is 2. The van der Waals surface area contributed by atoms with Gasteiger partial charge in [0, 0.05) is 11.1 Å². The molecule has 37 heavy (non-hydrogen) atoms. The number of phenols is 1. The largest absolute Gasteiger partial charge is 0.510 e. The van der Waals surface area contributed by atoms with Crippen molar-refractivity contribution in [2.24, 2.45) is 28.6 Å². The van der Waals surface area contributed by atoms with Gasteiger partial charge in [0.2, 0.25) is 0 Å². The van der Waals surface area contributed by atoms with Gasteiger partial charge < -0.3 is 25.9 Å². The lowest BCUT2D eigenvalue weighted by Gasteiger charge is -2.46. The summed E-state index contributed by atoms with van der Waals surface area (Å²) in [5, 5.41) is 37.0. The maximum atomic E-state index is 13.8. The number of phenolic OH excluding ortho intramolecular Hbond substituents is 1. The average molecular weight is 512 g/mol. The monoisotopic (exact) mass is 511 g/mol. The number of fused-ring (bicyclic) bond motifs is 3. The van der Waals surface area contributed by atoms with Crippen LogP contribution in [0.15, 0.2) is 34.2 Å². The minimum Gasteiger partial charge on any atom is -0.510 e. The number of oxime groups is 1. The van der Waals surface area contributed by atoms with Crippen LogP contribution >= 0.6 is 0 Å². The molecule has 1 amide bonds. The first kappa shape index (κ1) is 26.4. The SMILES string of the molecule is C/C(=N\OC(C)(C)C)c1ccc(O)c2c1C[C@H]1C[C@@H]3C(C(=O)C(C(N)=O)=C(O)[C@H]3N(C)C)C(=O)C1=C2O. The molecule has 3 aliphatic carbocycles. The Morgan fingerprint density at radius 3 is 2.35 bits per heavy atom. The zero-order valence-electron chi connectivity index (χ0n) is 21.8. The van der Waals surface area contributed by atoms with Crippen molar-refractivity contribution in [2.75, 3.05) is 14.1 Å². The number of aromatic hydroxyl groups is 1. The number of allylic oxidation sites excluding steroid dienone is 1. The van der Waals surface area contributed by atoms with E-state index in [1.807, 2.05) is 20.8 Å². The van der Waals surface area contributed by atoms with Crippen molar-refractivity contribution in [3.63, 3.8) is 0 Å². The first-order valence-electron chi connectivity index (χ1n) is 12.1. The van der Waals surface area contributed by atoms with Crippen LogP contribution in [-0.2, 0) is 25.6 Å². The summed E-state index contributed by atoms with van der Waals surface area (Å²) in [6, 6.07) is 2.31. The molecule has 1 fully saturated rings. The molecular weight excluding hydrogens is 478 g/mol. The van der Waals surface area contributed by atoms with E-state index in [1.54, 1.807) is 32.0 Å². The Labute approximate surface area is 215 Å². The number of benzene rings is 1. The molecule has 4 atom stereocenters. The lowest BCUT2D eigenvalue weighted by Crippen LogP contribution is -2.55. The van der Waals surface area contributed by atoms with E-state index in [-0.39, 0.29) is 29.7 Å². The second-order valence-electron chi connectivity index (χ2n) is 11.2. The van der Waals surface area contributed by atoms with Gasteiger partial charge in [-0.05, 0) is 84.2 Å². The summed E-state index contributed by atoms with van der Waals surface area (Å²) in [5.74, 6) is -6.03. The summed E-state index contributed by atoms with van der Waals surface area (Å²) in [6.45, 7) is 7.34. The Hall–Kier alpha value is -3.66. The normalized spacial score (nSPS) is 26.2. The summed E-state index contributed by atoms with van der Waals surface area (Å²) in [5.41, 5.74) is 6.24. The number of hydrogen-bond donors (Lipinski definition) is 4. The lowest BCUT2D eigenvalue weighted by molar-refractivity contribution is -0.136. The number of nitrogens with two attached hydrogens (primary N) is 1. The number of rotatable bonds is 4. The standard InChI is InChI=1S/C27H33N3O7/c1-11(29-37-27(2,3)4)13-7-8-16(31)18-14(13)9-12-10-15-19(23(33)17(12)22(18)32)24(34)20(26(28)36)25(35)21(15)30(5)6/h7-8,12,15,19,21,31-32,35H,9-10H2,1-6H3,(H2,28,36)/b29-11+/t12-,15+,19?,21-/m0/s1. The third kappa shape index (κ3) is 4.29. The smallest absolute Gasteiger partial charge is 0.255 e. The number of hydrogen-bond acceptors (Lipinski definition) is 9. The van der Waals surface area contributed by atoms with Crippen LogP contribution in [0.4, 0.5) is 0 Å². The molecule has 0 spiro atoms. The van der Waals surface area contributed by atoms with Crippen molar-refractivity contribution in [1.82, 2.24) is 4.90 Å². The van der Waals surface area contributed by atoms with E-state index in [0.717, 1.165) is 0 Å². The van der Waals surface area contributed by atoms with Crippen molar-refractivity contribution in [3.8, 4) is 5.75 Å². The highest BCUT2D eigenvalue weighted by atomic mass is 16.6. The van der Waals surface area contributed by atoms with E-state index in [4.69, 9.17) is 10.6 Å². The molecule has 1 unspecified atom stereocenters. The molecule has 10 nitrogen and oxygen atoms in total. The number of ketones is 2. The topological polar surface area (TPSA) is 163 Å². The molecular formula is C27H33N3O7. The molecule has 5 N–H and O–H groups in total. The van der Waals surface area contributed by atoms with Gasteiger partial charge in [-0.3, -0.25) is 19.3 Å². The number of amides is 1. The predicted octanol–water partition coefficient (Wildman–Crippen LogP) is 2.39. The number of aliphatic hydroxyl groups excluding tert-OH is 2. The molecule has 0 saturated heterocycles. The van der Waals surface area contributed by atoms with Crippen LogP contribution in [0.1, 0.15) is 50.8 Å². The van der Waals surface area contributed by atoms with E-state index >= 15 is 0 Å². The van der Waals surface area contributed by atoms with Crippen molar-refractivity contribution >= 4 is 28.9 Å². The Bertz CT molecular complexity index is 1300. The summed E-state index contributed by atoms with van der Waals surface area (Å²) in [4.78, 5) is 46.3. The maximum Gasteiger partial charge on any atom is 0.255 e. The van der Waals surface area contributed by atoms with E-state index in [1.165, 1.54) is 6.07 Å². The predicted molar refractivity (Wildman–Crippen MR) is 136 cm³/mol. The Kier molecular flexibility index (Phi) is 6.44. The fourth-order valence-electron chi connectivity index (χ4n) is 5.86. The van der Waals surface area contributed by atoms with Crippen LogP contribution < -0.4 is 5.73 Å². The number of likely N-dealkylation sites (N-methyl/N-ethyl adjacent to an activating group) is 1. The van der Waals surface area contributed by atoms with Crippen molar-refractivity contribution in [1.29, 1.82) is 0 Å². The molecule has 10 heteroatoms. The zero-order chi connectivity index (χ0) is 27.6. The fourth-order valence-corrected chi connectivity index (χ4v) is 5.86. The lowest BCUT2D eigenvalue weighted by atomic mass is 9.59. The van der Waals surface area contributed by atoms with Gasteiger partial charge >= 0.3 is 0 Å². The number of carbonyl (C=O) groups excluding carboxylic acids is 3. The minimum atomic E-state index is -1.28. The number of primary amides is 1. The highest BCUT2D eigenvalue weighted by Gasteiger charge is 2.55. The van der Waals surface area contributed by atoms with Gasteiger partial charge in [0.15, 0.2) is 11.6 Å². The highest BCUT2D eigenvalue weighted by molar-refractivity contribution is 6.28. The van der Waals surface area contributed by atoms with Crippen molar-refractivity contribution < 1.29 is 34.5 Å². The number of Topliss-reactive ketones (excluding diaryl/α,β-unsaturated/α-hetero) is 2. The van der Waals surface area contributed by atoms with E-state index in [0.29, 0.717) is 16.8 Å². The molecule has 0 radical (unpaired) electrons. The second kappa shape index (κ2) is 9.02. The first-order chi connectivity index (χ1) is 17.2. The molecule has 1 saturated carbocycles. The van der Waals surface area contributed by atoms with E-state index in [2.05, 4.69) is 5.16 Å². The van der Waals surface area contributed by atoms with Crippen LogP contribution in [0.3, 0.4) is 0 Å². The Morgan fingerprint density at radius 2 is 1.78 bits per heavy atom. The quantitative estimate of drug-likeness (QED) is 0.207. The van der Waals surface area contributed by atoms with Crippen LogP contribution in [0.25, 0.3) is 5.76 Å². The molecule has 0 heterocycles. The summed E-state index contributed by atoms with van der Waals surface area (Å²) < 4.78 is 0. The Morgan fingerprint density at radius 1 is 1.14 bits per heavy atom. The number of carbonyl (C=O) groups is 3. The van der Waals surface area contributed by atoms with Gasteiger partial charge in [-0.2, -0.15) is 0 Å². The third-order valence-electron chi connectivity index (χ3n) is 7.29. The summed E-state index contributed by atoms with van der Waals surface area (Å²) in [6.07, 6.45) is 0.570. The average Bonchev–Trinajstić information content (AvgIpc) is 2.76. The molecule has 3 aliphatic rings. The fraction of sp³-hybridized carbons (Fsp3) is 0.481. The molecule has 0 aliphatic heterocycles. The molecule has 0 bridgehead atoms. The summed E-state index contributed by atoms with van der Waals surface area (Å²) >= 11 is 0. The minimum absolute atomic E-state index is 0.0396. The second-order valence-corrected chi connectivity index (χ2v) is 11.2. The molecule has 4 rings (SSSR count). The van der Waals surface area contributed by atoms with Crippen LogP contribution in [0, 0.1) is 17.8 Å². The molecule has 1 aromatic rings. The van der Waals surface area contributed by atoms with E-state index < -0.39 is 64.0 Å². The van der Waals surface area contributed by atoms with Gasteiger partial charge in [-0.25, -0.2) is 0 Å². The van der Waals surface area contributed by atoms with Crippen LogP contribution in [0.5, 0.6) is 5.75 Å².